The lowest BCUT2D eigenvalue weighted by atomic mass is 10.2. The van der Waals surface area contributed by atoms with Crippen LogP contribution in [0, 0.1) is 0 Å². The molecule has 0 heterocycles. The second-order valence-electron chi connectivity index (χ2n) is 5.73. The van der Waals surface area contributed by atoms with E-state index in [2.05, 4.69) is 27.3 Å². The molecule has 0 aliphatic heterocycles. The van der Waals surface area contributed by atoms with E-state index in [1.54, 1.807) is 40.9 Å². The predicted molar refractivity (Wildman–Crippen MR) is 113 cm³/mol. The van der Waals surface area contributed by atoms with Crippen molar-refractivity contribution in [2.24, 2.45) is 0 Å². The predicted octanol–water partition coefficient (Wildman–Crippen LogP) is 4.80. The zero-order valence-electron chi connectivity index (χ0n) is 15.0. The third-order valence-corrected chi connectivity index (χ3v) is 5.35. The first-order chi connectivity index (χ1) is 12.5. The molecule has 0 aliphatic rings. The first kappa shape index (κ1) is 20.5. The fraction of sp³-hybridized carbons (Fsp3) is 0.300. The summed E-state index contributed by atoms with van der Waals surface area (Å²) in [6.07, 6.45) is 0. The van der Waals surface area contributed by atoms with Crippen molar-refractivity contribution in [3.8, 4) is 0 Å². The minimum Gasteiger partial charge on any atom is -0.339 e. The van der Waals surface area contributed by atoms with Crippen LogP contribution >= 0.6 is 27.7 Å². The molecule has 4 nitrogen and oxygen atoms in total. The number of thioether (sulfide) groups is 1. The van der Waals surface area contributed by atoms with Crippen LogP contribution in [0.15, 0.2) is 53.0 Å². The molecule has 26 heavy (non-hydrogen) atoms. The van der Waals surface area contributed by atoms with E-state index in [0.29, 0.717) is 30.1 Å². The number of hydrogen-bond donors (Lipinski definition) is 1. The molecular formula is C20H23BrN2O2S. The number of nitrogens with one attached hydrogen (secondary N) is 1. The first-order valence-electron chi connectivity index (χ1n) is 8.54. The fourth-order valence-electron chi connectivity index (χ4n) is 2.47. The van der Waals surface area contributed by atoms with Crippen LogP contribution in [0.1, 0.15) is 29.8 Å². The van der Waals surface area contributed by atoms with Gasteiger partial charge < -0.3 is 10.2 Å². The van der Waals surface area contributed by atoms with Crippen LogP contribution < -0.4 is 5.32 Å². The first-order valence-corrected chi connectivity index (χ1v) is 10.5. The van der Waals surface area contributed by atoms with Gasteiger partial charge in [0.25, 0.3) is 5.91 Å². The summed E-state index contributed by atoms with van der Waals surface area (Å²) < 4.78 is 1.04. The third kappa shape index (κ3) is 6.18. The van der Waals surface area contributed by atoms with Crippen LogP contribution in [0.5, 0.6) is 0 Å². The van der Waals surface area contributed by atoms with Gasteiger partial charge in [-0.05, 0) is 55.8 Å². The van der Waals surface area contributed by atoms with Gasteiger partial charge in [0.1, 0.15) is 0 Å². The fourth-order valence-corrected chi connectivity index (χ4v) is 3.70. The second-order valence-corrected chi connectivity index (χ2v) is 7.63. The van der Waals surface area contributed by atoms with Crippen molar-refractivity contribution in [2.75, 3.05) is 24.2 Å². The molecule has 0 spiro atoms. The van der Waals surface area contributed by atoms with Crippen molar-refractivity contribution in [2.45, 2.75) is 19.6 Å². The molecule has 6 heteroatoms. The molecule has 2 aromatic carbocycles. The molecule has 0 saturated carbocycles. The molecule has 0 saturated heterocycles. The van der Waals surface area contributed by atoms with Gasteiger partial charge in [-0.15, -0.1) is 11.8 Å². The Hall–Kier alpha value is -1.79. The molecule has 1 N–H and O–H groups in total. The molecule has 0 atom stereocenters. The van der Waals surface area contributed by atoms with Crippen molar-refractivity contribution in [1.82, 2.24) is 4.90 Å². The van der Waals surface area contributed by atoms with Gasteiger partial charge in [-0.25, -0.2) is 0 Å². The molecule has 0 unspecified atom stereocenters. The Bertz CT molecular complexity index is 746. The van der Waals surface area contributed by atoms with Gasteiger partial charge in [0, 0.05) is 34.6 Å². The van der Waals surface area contributed by atoms with Gasteiger partial charge >= 0.3 is 0 Å². The zero-order chi connectivity index (χ0) is 18.9. The van der Waals surface area contributed by atoms with E-state index in [-0.39, 0.29) is 11.8 Å². The van der Waals surface area contributed by atoms with Gasteiger partial charge in [-0.1, -0.05) is 28.1 Å². The largest absolute Gasteiger partial charge is 0.339 e. The van der Waals surface area contributed by atoms with Crippen LogP contribution in [0.25, 0.3) is 0 Å². The van der Waals surface area contributed by atoms with Gasteiger partial charge in [-0.3, -0.25) is 9.59 Å². The average molecular weight is 435 g/mol. The molecule has 138 valence electrons. The Labute approximate surface area is 167 Å². The van der Waals surface area contributed by atoms with Gasteiger partial charge in [0.15, 0.2) is 0 Å². The number of amides is 2. The van der Waals surface area contributed by atoms with E-state index in [9.17, 15) is 9.59 Å². The van der Waals surface area contributed by atoms with E-state index in [4.69, 9.17) is 0 Å². The molecule has 0 aromatic heterocycles. The molecule has 0 radical (unpaired) electrons. The summed E-state index contributed by atoms with van der Waals surface area (Å²) in [5.41, 5.74) is 2.52. The standard InChI is InChI=1S/C20H23BrN2O2S/c1-3-23(4-2)20(25)16-8-10-18(11-9-16)22-19(24)14-26-13-15-6-5-7-17(21)12-15/h5-12H,3-4,13-14H2,1-2H3,(H,22,24). The number of anilines is 1. The van der Waals surface area contributed by atoms with Crippen LogP contribution in [0.3, 0.4) is 0 Å². The van der Waals surface area contributed by atoms with E-state index >= 15 is 0 Å². The number of rotatable bonds is 8. The lowest BCUT2D eigenvalue weighted by Crippen LogP contribution is -2.30. The van der Waals surface area contributed by atoms with Gasteiger partial charge in [0.05, 0.1) is 5.75 Å². The van der Waals surface area contributed by atoms with Crippen LogP contribution in [0.2, 0.25) is 0 Å². The topological polar surface area (TPSA) is 49.4 Å². The van der Waals surface area contributed by atoms with E-state index in [1.165, 1.54) is 5.56 Å². The summed E-state index contributed by atoms with van der Waals surface area (Å²) >= 11 is 5.01. The Kier molecular flexibility index (Phi) is 8.19. The Morgan fingerprint density at radius 3 is 2.38 bits per heavy atom. The summed E-state index contributed by atoms with van der Waals surface area (Å²) in [6.45, 7) is 5.29. The van der Waals surface area contributed by atoms with E-state index in [0.717, 1.165) is 10.2 Å². The Balaban J connectivity index is 1.82. The molecule has 2 aromatic rings. The van der Waals surface area contributed by atoms with Crippen molar-refractivity contribution >= 4 is 45.2 Å². The smallest absolute Gasteiger partial charge is 0.253 e. The van der Waals surface area contributed by atoms with Crippen molar-refractivity contribution in [3.63, 3.8) is 0 Å². The number of hydrogen-bond acceptors (Lipinski definition) is 3. The van der Waals surface area contributed by atoms with Crippen molar-refractivity contribution in [3.05, 3.63) is 64.1 Å². The van der Waals surface area contributed by atoms with E-state index in [1.807, 2.05) is 32.0 Å². The van der Waals surface area contributed by atoms with Crippen LogP contribution in [0.4, 0.5) is 5.69 Å². The van der Waals surface area contributed by atoms with Gasteiger partial charge in [0.2, 0.25) is 5.91 Å². The second kappa shape index (κ2) is 10.4. The minimum absolute atomic E-state index is 0.0115. The van der Waals surface area contributed by atoms with E-state index < -0.39 is 0 Å². The molecular weight excluding hydrogens is 412 g/mol. The Morgan fingerprint density at radius 1 is 1.08 bits per heavy atom. The molecule has 2 rings (SSSR count). The van der Waals surface area contributed by atoms with Crippen LogP contribution in [-0.2, 0) is 10.5 Å². The number of carbonyl (C=O) groups excluding carboxylic acids is 2. The third-order valence-electron chi connectivity index (χ3n) is 3.86. The summed E-state index contributed by atoms with van der Waals surface area (Å²) in [6, 6.07) is 15.1. The quantitative estimate of drug-likeness (QED) is 0.648. The minimum atomic E-state index is -0.0483. The lowest BCUT2D eigenvalue weighted by Gasteiger charge is -2.18. The number of benzene rings is 2. The number of halogens is 1. The zero-order valence-corrected chi connectivity index (χ0v) is 17.4. The van der Waals surface area contributed by atoms with Crippen molar-refractivity contribution < 1.29 is 9.59 Å². The normalized spacial score (nSPS) is 10.4. The molecule has 0 bridgehead atoms. The highest BCUT2D eigenvalue weighted by Gasteiger charge is 2.12. The highest BCUT2D eigenvalue weighted by atomic mass is 79.9. The maximum absolute atomic E-state index is 12.3. The molecule has 2 amide bonds. The monoisotopic (exact) mass is 434 g/mol. The SMILES string of the molecule is CCN(CC)C(=O)c1ccc(NC(=O)CSCc2cccc(Br)c2)cc1. The van der Waals surface area contributed by atoms with Gasteiger partial charge in [-0.2, -0.15) is 0 Å². The molecule has 0 fully saturated rings. The summed E-state index contributed by atoms with van der Waals surface area (Å²) in [5.74, 6) is 1.13. The average Bonchev–Trinajstić information content (AvgIpc) is 2.63. The van der Waals surface area contributed by atoms with Crippen molar-refractivity contribution in [1.29, 1.82) is 0 Å². The highest BCUT2D eigenvalue weighted by Crippen LogP contribution is 2.18. The lowest BCUT2D eigenvalue weighted by molar-refractivity contribution is -0.113. The summed E-state index contributed by atoms with van der Waals surface area (Å²) in [4.78, 5) is 26.1. The summed E-state index contributed by atoms with van der Waals surface area (Å²) in [5, 5.41) is 2.87. The van der Waals surface area contributed by atoms with Crippen LogP contribution in [-0.4, -0.2) is 35.6 Å². The molecule has 0 aliphatic carbocycles. The maximum Gasteiger partial charge on any atom is 0.253 e. The summed E-state index contributed by atoms with van der Waals surface area (Å²) in [7, 11) is 0. The highest BCUT2D eigenvalue weighted by molar-refractivity contribution is 9.10. The maximum atomic E-state index is 12.3. The Morgan fingerprint density at radius 2 is 1.77 bits per heavy atom. The number of nitrogens with zero attached hydrogens (tertiary/aromatic N) is 1. The number of carbonyl (C=O) groups is 2.